The molecule has 0 saturated carbocycles. The van der Waals surface area contributed by atoms with E-state index < -0.39 is 5.92 Å². The molecule has 168 valence electrons. The summed E-state index contributed by atoms with van der Waals surface area (Å²) in [6.07, 6.45) is 2.55. The smallest absolute Gasteiger partial charge is 0.253 e. The van der Waals surface area contributed by atoms with Crippen molar-refractivity contribution >= 4 is 23.4 Å². The zero-order chi connectivity index (χ0) is 23.0. The van der Waals surface area contributed by atoms with Crippen LogP contribution >= 0.6 is 0 Å². The molecule has 0 radical (unpaired) electrons. The zero-order valence-electron chi connectivity index (χ0n) is 18.2. The summed E-state index contributed by atoms with van der Waals surface area (Å²) in [7, 11) is 0. The Bertz CT molecular complexity index is 1120. The Kier molecular flexibility index (Phi) is 7.09. The lowest BCUT2D eigenvalue weighted by Gasteiger charge is -2.17. The van der Waals surface area contributed by atoms with E-state index in [1.54, 1.807) is 35.4 Å². The highest BCUT2D eigenvalue weighted by Crippen LogP contribution is 2.23. The summed E-state index contributed by atoms with van der Waals surface area (Å²) in [5.74, 6) is -1.07. The molecule has 0 bridgehead atoms. The highest BCUT2D eigenvalue weighted by Gasteiger charge is 2.34. The number of benzene rings is 2. The first-order valence-electron chi connectivity index (χ1n) is 11.0. The molecule has 7 heteroatoms. The van der Waals surface area contributed by atoms with Gasteiger partial charge >= 0.3 is 0 Å². The summed E-state index contributed by atoms with van der Waals surface area (Å²) >= 11 is 0. The third kappa shape index (κ3) is 5.83. The first-order valence-corrected chi connectivity index (χ1v) is 11.0. The standard InChI is InChI=1S/C26H26N4O3/c31-24-16-20(17-30(24)18-21-10-6-7-14-27-21)25(32)29-23-12-5-4-11-22(23)26(33)28-15-13-19-8-2-1-3-9-19/h1-12,14,20H,13,15-18H2,(H,28,33)(H,29,32). The van der Waals surface area contributed by atoms with Crippen LogP contribution < -0.4 is 10.6 Å². The van der Waals surface area contributed by atoms with Gasteiger partial charge in [-0.15, -0.1) is 0 Å². The molecule has 7 nitrogen and oxygen atoms in total. The Hall–Kier alpha value is -4.00. The van der Waals surface area contributed by atoms with E-state index >= 15 is 0 Å². The first kappa shape index (κ1) is 22.2. The minimum absolute atomic E-state index is 0.0762. The van der Waals surface area contributed by atoms with Crippen molar-refractivity contribution in [2.45, 2.75) is 19.4 Å². The summed E-state index contributed by atoms with van der Waals surface area (Å²) < 4.78 is 0. The van der Waals surface area contributed by atoms with Gasteiger partial charge in [0.2, 0.25) is 11.8 Å². The number of nitrogens with one attached hydrogen (secondary N) is 2. The van der Waals surface area contributed by atoms with Gasteiger partial charge in [-0.25, -0.2) is 0 Å². The van der Waals surface area contributed by atoms with Gasteiger partial charge in [0, 0.05) is 25.7 Å². The van der Waals surface area contributed by atoms with Crippen molar-refractivity contribution in [1.82, 2.24) is 15.2 Å². The van der Waals surface area contributed by atoms with Crippen LogP contribution in [0.5, 0.6) is 0 Å². The van der Waals surface area contributed by atoms with Gasteiger partial charge in [0.15, 0.2) is 0 Å². The third-order valence-electron chi connectivity index (χ3n) is 5.64. The number of hydrogen-bond acceptors (Lipinski definition) is 4. The van der Waals surface area contributed by atoms with Crippen LogP contribution in [0.4, 0.5) is 5.69 Å². The third-order valence-corrected chi connectivity index (χ3v) is 5.64. The SMILES string of the molecule is O=C(NCCc1ccccc1)c1ccccc1NC(=O)C1CC(=O)N(Cc2ccccn2)C1. The van der Waals surface area contributed by atoms with Crippen LogP contribution in [-0.2, 0) is 22.6 Å². The fourth-order valence-electron chi connectivity index (χ4n) is 3.87. The van der Waals surface area contributed by atoms with Crippen LogP contribution in [0.15, 0.2) is 79.0 Å². The second-order valence-electron chi connectivity index (χ2n) is 8.02. The van der Waals surface area contributed by atoms with Crippen molar-refractivity contribution in [2.75, 3.05) is 18.4 Å². The van der Waals surface area contributed by atoms with Crippen molar-refractivity contribution in [3.63, 3.8) is 0 Å². The number of hydrogen-bond donors (Lipinski definition) is 2. The Morgan fingerprint density at radius 1 is 0.970 bits per heavy atom. The molecule has 0 aliphatic carbocycles. The molecular weight excluding hydrogens is 416 g/mol. The molecule has 1 fully saturated rings. The molecule has 2 aromatic carbocycles. The molecule has 4 rings (SSSR count). The number of anilines is 1. The number of nitrogens with zero attached hydrogens (tertiary/aromatic N) is 2. The number of aromatic nitrogens is 1. The summed E-state index contributed by atoms with van der Waals surface area (Å²) in [4.78, 5) is 43.9. The molecule has 3 amide bonds. The van der Waals surface area contributed by atoms with Crippen LogP contribution in [0.1, 0.15) is 28.0 Å². The van der Waals surface area contributed by atoms with E-state index in [1.807, 2.05) is 48.5 Å². The molecular formula is C26H26N4O3. The molecule has 33 heavy (non-hydrogen) atoms. The van der Waals surface area contributed by atoms with Crippen LogP contribution in [0.25, 0.3) is 0 Å². The minimum Gasteiger partial charge on any atom is -0.352 e. The predicted molar refractivity (Wildman–Crippen MR) is 125 cm³/mol. The molecule has 1 unspecified atom stereocenters. The normalized spacial score (nSPS) is 15.3. The van der Waals surface area contributed by atoms with E-state index in [0.29, 0.717) is 30.9 Å². The zero-order valence-corrected chi connectivity index (χ0v) is 18.2. The molecule has 1 atom stereocenters. The second kappa shape index (κ2) is 10.5. The summed E-state index contributed by atoms with van der Waals surface area (Å²) in [6.45, 7) is 1.20. The van der Waals surface area contributed by atoms with E-state index in [0.717, 1.165) is 17.7 Å². The maximum absolute atomic E-state index is 12.9. The Morgan fingerprint density at radius 2 is 1.73 bits per heavy atom. The van der Waals surface area contributed by atoms with Gasteiger partial charge in [-0.3, -0.25) is 19.4 Å². The van der Waals surface area contributed by atoms with Gasteiger partial charge in [0.25, 0.3) is 5.91 Å². The maximum atomic E-state index is 12.9. The monoisotopic (exact) mass is 442 g/mol. The minimum atomic E-state index is -0.476. The number of carbonyl (C=O) groups excluding carboxylic acids is 3. The summed E-state index contributed by atoms with van der Waals surface area (Å²) in [5.41, 5.74) is 2.76. The first-order chi connectivity index (χ1) is 16.1. The predicted octanol–water partition coefficient (Wildman–Crippen LogP) is 3.04. The van der Waals surface area contributed by atoms with E-state index in [-0.39, 0.29) is 24.1 Å². The second-order valence-corrected chi connectivity index (χ2v) is 8.02. The summed E-state index contributed by atoms with van der Waals surface area (Å²) in [5, 5.41) is 5.76. The molecule has 1 saturated heterocycles. The fourth-order valence-corrected chi connectivity index (χ4v) is 3.87. The average Bonchev–Trinajstić information content (AvgIpc) is 3.21. The molecule has 2 N–H and O–H groups in total. The molecule has 2 heterocycles. The van der Waals surface area contributed by atoms with Crippen LogP contribution in [0.3, 0.4) is 0 Å². The van der Waals surface area contributed by atoms with Crippen molar-refractivity contribution in [3.05, 3.63) is 95.8 Å². The van der Waals surface area contributed by atoms with Crippen LogP contribution in [0, 0.1) is 5.92 Å². The highest BCUT2D eigenvalue weighted by atomic mass is 16.2. The van der Waals surface area contributed by atoms with Crippen LogP contribution in [0.2, 0.25) is 0 Å². The lowest BCUT2D eigenvalue weighted by Crippen LogP contribution is -2.30. The van der Waals surface area contributed by atoms with E-state index in [4.69, 9.17) is 0 Å². The fraction of sp³-hybridized carbons (Fsp3) is 0.231. The van der Waals surface area contributed by atoms with Crippen molar-refractivity contribution in [2.24, 2.45) is 5.92 Å². The number of para-hydroxylation sites is 1. The van der Waals surface area contributed by atoms with Gasteiger partial charge in [-0.05, 0) is 36.2 Å². The van der Waals surface area contributed by atoms with Crippen molar-refractivity contribution < 1.29 is 14.4 Å². The number of rotatable bonds is 8. The van der Waals surface area contributed by atoms with Crippen molar-refractivity contribution in [3.8, 4) is 0 Å². The lowest BCUT2D eigenvalue weighted by atomic mass is 10.1. The molecule has 1 aliphatic heterocycles. The molecule has 3 aromatic rings. The average molecular weight is 443 g/mol. The van der Waals surface area contributed by atoms with Gasteiger partial charge in [-0.2, -0.15) is 0 Å². The van der Waals surface area contributed by atoms with Gasteiger partial charge in [-0.1, -0.05) is 48.5 Å². The van der Waals surface area contributed by atoms with Crippen LogP contribution in [-0.4, -0.2) is 40.7 Å². The number of carbonyl (C=O) groups is 3. The summed E-state index contributed by atoms with van der Waals surface area (Å²) in [6, 6.07) is 22.4. The molecule has 1 aromatic heterocycles. The molecule has 1 aliphatic rings. The Labute approximate surface area is 192 Å². The molecule has 0 spiro atoms. The lowest BCUT2D eigenvalue weighted by molar-refractivity contribution is -0.128. The van der Waals surface area contributed by atoms with Gasteiger partial charge < -0.3 is 15.5 Å². The largest absolute Gasteiger partial charge is 0.352 e. The maximum Gasteiger partial charge on any atom is 0.253 e. The number of amides is 3. The highest BCUT2D eigenvalue weighted by molar-refractivity contribution is 6.05. The number of pyridine rings is 1. The van der Waals surface area contributed by atoms with Gasteiger partial charge in [0.1, 0.15) is 0 Å². The van der Waals surface area contributed by atoms with Crippen molar-refractivity contribution in [1.29, 1.82) is 0 Å². The Morgan fingerprint density at radius 3 is 2.52 bits per heavy atom. The Balaban J connectivity index is 1.34. The van der Waals surface area contributed by atoms with Gasteiger partial charge in [0.05, 0.1) is 29.4 Å². The van der Waals surface area contributed by atoms with E-state index in [2.05, 4.69) is 15.6 Å². The number of likely N-dealkylation sites (tertiary alicyclic amines) is 1. The van der Waals surface area contributed by atoms with E-state index in [1.165, 1.54) is 0 Å². The topological polar surface area (TPSA) is 91.4 Å². The quantitative estimate of drug-likeness (QED) is 0.561. The van der Waals surface area contributed by atoms with E-state index in [9.17, 15) is 14.4 Å².